The second-order valence-corrected chi connectivity index (χ2v) is 5.72. The molecule has 0 aromatic heterocycles. The lowest BCUT2D eigenvalue weighted by Gasteiger charge is -2.14. The van der Waals surface area contributed by atoms with Crippen molar-refractivity contribution in [2.75, 3.05) is 19.8 Å². The number of rotatable bonds is 10. The van der Waals surface area contributed by atoms with Crippen LogP contribution in [0.15, 0.2) is 60.7 Å². The van der Waals surface area contributed by atoms with E-state index in [2.05, 4.69) is 5.32 Å². The SMILES string of the molecule is CC(COCCOCc1ccccc1)NC(=O)OCc1ccccc1. The van der Waals surface area contributed by atoms with Gasteiger partial charge in [0.05, 0.1) is 32.5 Å². The lowest BCUT2D eigenvalue weighted by atomic mass is 10.2. The first-order valence-electron chi connectivity index (χ1n) is 8.40. The molecule has 2 aromatic rings. The highest BCUT2D eigenvalue weighted by Gasteiger charge is 2.08. The zero-order valence-corrected chi connectivity index (χ0v) is 14.5. The number of alkyl carbamates (subject to hydrolysis) is 1. The smallest absolute Gasteiger partial charge is 0.407 e. The molecule has 5 nitrogen and oxygen atoms in total. The number of nitrogens with one attached hydrogen (secondary N) is 1. The molecule has 1 N–H and O–H groups in total. The summed E-state index contributed by atoms with van der Waals surface area (Å²) in [6.07, 6.45) is -0.444. The number of benzene rings is 2. The van der Waals surface area contributed by atoms with Crippen molar-refractivity contribution in [3.8, 4) is 0 Å². The predicted octanol–water partition coefficient (Wildman–Crippen LogP) is 3.53. The van der Waals surface area contributed by atoms with Crippen molar-refractivity contribution in [2.24, 2.45) is 0 Å². The maximum absolute atomic E-state index is 11.7. The molecule has 0 aliphatic heterocycles. The molecule has 2 rings (SSSR count). The average Bonchev–Trinajstić information content (AvgIpc) is 2.64. The Kier molecular flexibility index (Phi) is 8.52. The Labute approximate surface area is 148 Å². The third kappa shape index (κ3) is 8.33. The van der Waals surface area contributed by atoms with Crippen LogP contribution in [0.3, 0.4) is 0 Å². The van der Waals surface area contributed by atoms with Crippen LogP contribution in [-0.2, 0) is 27.4 Å². The number of hydrogen-bond donors (Lipinski definition) is 1. The van der Waals surface area contributed by atoms with E-state index < -0.39 is 6.09 Å². The molecule has 1 atom stereocenters. The van der Waals surface area contributed by atoms with Crippen molar-refractivity contribution in [3.63, 3.8) is 0 Å². The molecule has 0 aliphatic rings. The van der Waals surface area contributed by atoms with Crippen LogP contribution in [0, 0.1) is 0 Å². The van der Waals surface area contributed by atoms with Crippen molar-refractivity contribution >= 4 is 6.09 Å². The normalized spacial score (nSPS) is 11.7. The standard InChI is InChI=1S/C20H25NO4/c1-17(21-20(22)25-16-19-10-6-3-7-11-19)14-23-12-13-24-15-18-8-4-2-5-9-18/h2-11,17H,12-16H2,1H3,(H,21,22). The van der Waals surface area contributed by atoms with Gasteiger partial charge in [0.2, 0.25) is 0 Å². The minimum absolute atomic E-state index is 0.127. The summed E-state index contributed by atoms with van der Waals surface area (Å²) in [5.41, 5.74) is 2.09. The van der Waals surface area contributed by atoms with Gasteiger partial charge in [-0.25, -0.2) is 4.79 Å². The average molecular weight is 343 g/mol. The summed E-state index contributed by atoms with van der Waals surface area (Å²) in [4.78, 5) is 11.7. The molecule has 5 heteroatoms. The number of carbonyl (C=O) groups is 1. The summed E-state index contributed by atoms with van der Waals surface area (Å²) in [5.74, 6) is 0. The van der Waals surface area contributed by atoms with Gasteiger partial charge in [-0.2, -0.15) is 0 Å². The molecule has 0 radical (unpaired) electrons. The summed E-state index contributed by atoms with van der Waals surface area (Å²) in [7, 11) is 0. The monoisotopic (exact) mass is 343 g/mol. The van der Waals surface area contributed by atoms with Crippen LogP contribution in [0.4, 0.5) is 4.79 Å². The fraction of sp³-hybridized carbons (Fsp3) is 0.350. The lowest BCUT2D eigenvalue weighted by molar-refractivity contribution is 0.0335. The predicted molar refractivity (Wildman–Crippen MR) is 96.1 cm³/mol. The Bertz CT molecular complexity index is 604. The molecule has 0 bridgehead atoms. The van der Waals surface area contributed by atoms with Crippen molar-refractivity contribution in [3.05, 3.63) is 71.8 Å². The van der Waals surface area contributed by atoms with Crippen molar-refractivity contribution in [2.45, 2.75) is 26.2 Å². The van der Waals surface area contributed by atoms with Gasteiger partial charge in [0.25, 0.3) is 0 Å². The van der Waals surface area contributed by atoms with Crippen LogP contribution < -0.4 is 5.32 Å². The summed E-state index contributed by atoms with van der Waals surface area (Å²) < 4.78 is 16.2. The lowest BCUT2D eigenvalue weighted by Crippen LogP contribution is -2.36. The second kappa shape index (κ2) is 11.2. The zero-order chi connectivity index (χ0) is 17.7. The van der Waals surface area contributed by atoms with E-state index in [-0.39, 0.29) is 12.6 Å². The van der Waals surface area contributed by atoms with Crippen molar-refractivity contribution in [1.82, 2.24) is 5.32 Å². The Balaban J connectivity index is 1.49. The Morgan fingerprint density at radius 1 is 0.880 bits per heavy atom. The first kappa shape index (κ1) is 19.0. The van der Waals surface area contributed by atoms with E-state index in [4.69, 9.17) is 14.2 Å². The molecule has 0 heterocycles. The van der Waals surface area contributed by atoms with Gasteiger partial charge in [-0.1, -0.05) is 60.7 Å². The molecule has 0 saturated carbocycles. The van der Waals surface area contributed by atoms with Crippen LogP contribution in [0.25, 0.3) is 0 Å². The fourth-order valence-electron chi connectivity index (χ4n) is 2.15. The summed E-state index contributed by atoms with van der Waals surface area (Å²) >= 11 is 0. The third-order valence-corrected chi connectivity index (χ3v) is 3.43. The van der Waals surface area contributed by atoms with Gasteiger partial charge in [-0.05, 0) is 18.1 Å². The van der Waals surface area contributed by atoms with Gasteiger partial charge in [0, 0.05) is 0 Å². The second-order valence-electron chi connectivity index (χ2n) is 5.72. The van der Waals surface area contributed by atoms with E-state index in [1.807, 2.05) is 67.6 Å². The largest absolute Gasteiger partial charge is 0.445 e. The van der Waals surface area contributed by atoms with E-state index in [0.29, 0.717) is 26.4 Å². The molecule has 2 aromatic carbocycles. The Morgan fingerprint density at radius 2 is 1.44 bits per heavy atom. The van der Waals surface area contributed by atoms with Gasteiger partial charge in [-0.3, -0.25) is 0 Å². The van der Waals surface area contributed by atoms with E-state index in [0.717, 1.165) is 11.1 Å². The molecular weight excluding hydrogens is 318 g/mol. The first-order chi connectivity index (χ1) is 12.2. The zero-order valence-electron chi connectivity index (χ0n) is 14.5. The van der Waals surface area contributed by atoms with Crippen LogP contribution in [0.5, 0.6) is 0 Å². The number of carbonyl (C=O) groups excluding carboxylic acids is 1. The minimum Gasteiger partial charge on any atom is -0.445 e. The molecule has 1 amide bonds. The number of ether oxygens (including phenoxy) is 3. The molecule has 134 valence electrons. The minimum atomic E-state index is -0.444. The molecule has 0 saturated heterocycles. The molecule has 0 spiro atoms. The van der Waals surface area contributed by atoms with Crippen LogP contribution in [-0.4, -0.2) is 32.0 Å². The summed E-state index contributed by atoms with van der Waals surface area (Å²) in [6, 6.07) is 19.4. The molecule has 0 fully saturated rings. The Hall–Kier alpha value is -2.37. The highest BCUT2D eigenvalue weighted by Crippen LogP contribution is 2.01. The van der Waals surface area contributed by atoms with E-state index in [1.165, 1.54) is 0 Å². The highest BCUT2D eigenvalue weighted by molar-refractivity contribution is 5.67. The summed E-state index contributed by atoms with van der Waals surface area (Å²) in [6.45, 7) is 4.11. The fourth-order valence-corrected chi connectivity index (χ4v) is 2.15. The van der Waals surface area contributed by atoms with E-state index >= 15 is 0 Å². The summed E-state index contributed by atoms with van der Waals surface area (Å²) in [5, 5.41) is 2.74. The maximum atomic E-state index is 11.7. The third-order valence-electron chi connectivity index (χ3n) is 3.43. The van der Waals surface area contributed by atoms with Gasteiger partial charge in [0.1, 0.15) is 6.61 Å². The maximum Gasteiger partial charge on any atom is 0.407 e. The molecular formula is C20H25NO4. The van der Waals surface area contributed by atoms with Gasteiger partial charge in [0.15, 0.2) is 0 Å². The van der Waals surface area contributed by atoms with Crippen LogP contribution in [0.2, 0.25) is 0 Å². The number of amides is 1. The molecule has 0 aliphatic carbocycles. The van der Waals surface area contributed by atoms with Crippen LogP contribution in [0.1, 0.15) is 18.1 Å². The van der Waals surface area contributed by atoms with Crippen molar-refractivity contribution < 1.29 is 19.0 Å². The van der Waals surface area contributed by atoms with Gasteiger partial charge in [-0.15, -0.1) is 0 Å². The molecule has 25 heavy (non-hydrogen) atoms. The topological polar surface area (TPSA) is 56.8 Å². The van der Waals surface area contributed by atoms with Crippen LogP contribution >= 0.6 is 0 Å². The van der Waals surface area contributed by atoms with E-state index in [1.54, 1.807) is 0 Å². The van der Waals surface area contributed by atoms with Gasteiger partial charge < -0.3 is 19.5 Å². The Morgan fingerprint density at radius 3 is 2.08 bits per heavy atom. The van der Waals surface area contributed by atoms with E-state index in [9.17, 15) is 4.79 Å². The van der Waals surface area contributed by atoms with Gasteiger partial charge >= 0.3 is 6.09 Å². The first-order valence-corrected chi connectivity index (χ1v) is 8.40. The quantitative estimate of drug-likeness (QED) is 0.671. The number of hydrogen-bond acceptors (Lipinski definition) is 4. The highest BCUT2D eigenvalue weighted by atomic mass is 16.5. The van der Waals surface area contributed by atoms with Crippen molar-refractivity contribution in [1.29, 1.82) is 0 Å². The molecule has 1 unspecified atom stereocenters.